The van der Waals surface area contributed by atoms with Gasteiger partial charge in [0.05, 0.1) is 12.1 Å². The molecule has 2 aliphatic rings. The lowest BCUT2D eigenvalue weighted by molar-refractivity contribution is 0.0732. The van der Waals surface area contributed by atoms with Crippen LogP contribution in [0.1, 0.15) is 21.6 Å². The average Bonchev–Trinajstić information content (AvgIpc) is 3.41. The Balaban J connectivity index is 1.29. The van der Waals surface area contributed by atoms with Gasteiger partial charge >= 0.3 is 0 Å². The van der Waals surface area contributed by atoms with Crippen molar-refractivity contribution in [3.8, 4) is 11.3 Å². The number of fused-ring (bicyclic) bond motifs is 1. The van der Waals surface area contributed by atoms with Gasteiger partial charge in [0.1, 0.15) is 0 Å². The lowest BCUT2D eigenvalue weighted by atomic mass is 9.98. The molecule has 148 valence electrons. The zero-order valence-corrected chi connectivity index (χ0v) is 16.1. The van der Waals surface area contributed by atoms with Crippen molar-refractivity contribution in [3.05, 3.63) is 77.5 Å². The van der Waals surface area contributed by atoms with Crippen LogP contribution in [0.2, 0.25) is 0 Å². The van der Waals surface area contributed by atoms with Crippen molar-refractivity contribution in [1.82, 2.24) is 15.0 Å². The van der Waals surface area contributed by atoms with Crippen molar-refractivity contribution in [3.63, 3.8) is 0 Å². The highest BCUT2D eigenvalue weighted by Crippen LogP contribution is 2.26. The van der Waals surface area contributed by atoms with E-state index in [9.17, 15) is 9.90 Å². The molecule has 2 aliphatic heterocycles. The largest absolute Gasteiger partial charge is 0.390 e. The molecule has 1 fully saturated rings. The van der Waals surface area contributed by atoms with E-state index in [1.54, 1.807) is 11.0 Å². The van der Waals surface area contributed by atoms with Crippen molar-refractivity contribution in [2.24, 2.45) is 0 Å². The van der Waals surface area contributed by atoms with E-state index in [0.29, 0.717) is 18.8 Å². The molecule has 0 saturated carbocycles. The van der Waals surface area contributed by atoms with E-state index in [4.69, 9.17) is 4.52 Å². The number of β-amino-alcohol motifs (C(OH)–C–C–N with tert-alkyl or cyclic N) is 1. The molecule has 1 saturated heterocycles. The van der Waals surface area contributed by atoms with E-state index in [2.05, 4.69) is 34.3 Å². The van der Waals surface area contributed by atoms with Crippen LogP contribution in [-0.4, -0.2) is 57.8 Å². The van der Waals surface area contributed by atoms with Gasteiger partial charge < -0.3 is 14.5 Å². The Bertz CT molecular complexity index is 1020. The summed E-state index contributed by atoms with van der Waals surface area (Å²) in [5.41, 5.74) is 3.84. The second-order valence-corrected chi connectivity index (χ2v) is 7.78. The van der Waals surface area contributed by atoms with Crippen LogP contribution in [0, 0.1) is 0 Å². The summed E-state index contributed by atoms with van der Waals surface area (Å²) in [7, 11) is 0. The lowest BCUT2D eigenvalue weighted by Gasteiger charge is -2.34. The second-order valence-electron chi connectivity index (χ2n) is 7.78. The summed E-state index contributed by atoms with van der Waals surface area (Å²) in [6, 6.07) is 19.6. The first-order chi connectivity index (χ1) is 14.2. The Labute approximate surface area is 169 Å². The number of amides is 1. The predicted molar refractivity (Wildman–Crippen MR) is 108 cm³/mol. The first-order valence-corrected chi connectivity index (χ1v) is 9.99. The summed E-state index contributed by atoms with van der Waals surface area (Å²) in [4.78, 5) is 16.9. The standard InChI is InChI=1S/C23H23N3O3/c27-21-15-26(14-20(21)25-11-10-16-6-4-5-9-18(16)13-25)23(28)19-12-22(29-24-19)17-7-2-1-3-8-17/h1-9,12,20-21,27H,10-11,13-15H2/t20-,21-/m1/s1. The molecule has 1 amide bonds. The quantitative estimate of drug-likeness (QED) is 0.746. The highest BCUT2D eigenvalue weighted by Gasteiger charge is 2.39. The normalized spacial score (nSPS) is 21.9. The van der Waals surface area contributed by atoms with Crippen LogP contribution in [0.3, 0.4) is 0 Å². The monoisotopic (exact) mass is 389 g/mol. The van der Waals surface area contributed by atoms with Gasteiger partial charge in [0, 0.05) is 37.8 Å². The third kappa shape index (κ3) is 3.45. The third-order valence-corrected chi connectivity index (χ3v) is 5.96. The molecular weight excluding hydrogens is 366 g/mol. The Kier molecular flexibility index (Phi) is 4.66. The van der Waals surface area contributed by atoms with Gasteiger partial charge in [-0.15, -0.1) is 0 Å². The number of carbonyl (C=O) groups excluding carboxylic acids is 1. The number of rotatable bonds is 3. The van der Waals surface area contributed by atoms with Gasteiger partial charge in [0.2, 0.25) is 0 Å². The minimum absolute atomic E-state index is 0.0622. The molecule has 0 radical (unpaired) electrons. The Hall–Kier alpha value is -2.96. The molecule has 0 aliphatic carbocycles. The molecule has 5 rings (SSSR count). The fourth-order valence-corrected chi connectivity index (χ4v) is 4.37. The number of benzene rings is 2. The average molecular weight is 389 g/mol. The van der Waals surface area contributed by atoms with Crippen molar-refractivity contribution in [2.45, 2.75) is 25.1 Å². The van der Waals surface area contributed by atoms with Crippen LogP contribution >= 0.6 is 0 Å². The number of aromatic nitrogens is 1. The summed E-state index contributed by atoms with van der Waals surface area (Å²) in [6.07, 6.45) is 0.404. The molecule has 3 aromatic rings. The van der Waals surface area contributed by atoms with E-state index >= 15 is 0 Å². The fraction of sp³-hybridized carbons (Fsp3) is 0.304. The maximum absolute atomic E-state index is 12.9. The number of hydrogen-bond acceptors (Lipinski definition) is 5. The summed E-state index contributed by atoms with van der Waals surface area (Å²) < 4.78 is 5.37. The van der Waals surface area contributed by atoms with E-state index in [-0.39, 0.29) is 17.6 Å². The van der Waals surface area contributed by atoms with Gasteiger partial charge in [-0.3, -0.25) is 9.69 Å². The van der Waals surface area contributed by atoms with Crippen LogP contribution in [-0.2, 0) is 13.0 Å². The van der Waals surface area contributed by atoms with Crippen LogP contribution in [0.5, 0.6) is 0 Å². The fourth-order valence-electron chi connectivity index (χ4n) is 4.37. The highest BCUT2D eigenvalue weighted by molar-refractivity contribution is 5.93. The topological polar surface area (TPSA) is 69.8 Å². The molecule has 2 atom stereocenters. The van der Waals surface area contributed by atoms with Gasteiger partial charge in [-0.1, -0.05) is 59.8 Å². The molecule has 29 heavy (non-hydrogen) atoms. The number of nitrogens with zero attached hydrogens (tertiary/aromatic N) is 3. The molecule has 0 spiro atoms. The molecular formula is C23H23N3O3. The van der Waals surface area contributed by atoms with Crippen molar-refractivity contribution >= 4 is 5.91 Å². The molecule has 1 N–H and O–H groups in total. The minimum Gasteiger partial charge on any atom is -0.390 e. The summed E-state index contributed by atoms with van der Waals surface area (Å²) in [5, 5.41) is 14.6. The zero-order valence-electron chi connectivity index (χ0n) is 16.1. The third-order valence-electron chi connectivity index (χ3n) is 5.96. The Morgan fingerprint density at radius 2 is 1.79 bits per heavy atom. The number of aliphatic hydroxyl groups is 1. The van der Waals surface area contributed by atoms with E-state index in [1.165, 1.54) is 11.1 Å². The summed E-state index contributed by atoms with van der Waals surface area (Å²) >= 11 is 0. The Morgan fingerprint density at radius 3 is 2.62 bits per heavy atom. The maximum atomic E-state index is 12.9. The molecule has 1 aromatic heterocycles. The maximum Gasteiger partial charge on any atom is 0.276 e. The molecule has 0 bridgehead atoms. The predicted octanol–water partition coefficient (Wildman–Crippen LogP) is 2.59. The smallest absolute Gasteiger partial charge is 0.276 e. The molecule has 3 heterocycles. The van der Waals surface area contributed by atoms with Gasteiger partial charge in [-0.05, 0) is 17.5 Å². The van der Waals surface area contributed by atoms with Crippen LogP contribution < -0.4 is 0 Å². The highest BCUT2D eigenvalue weighted by atomic mass is 16.5. The molecule has 6 heteroatoms. The van der Waals surface area contributed by atoms with Crippen molar-refractivity contribution in [1.29, 1.82) is 0 Å². The molecule has 2 aromatic carbocycles. The van der Waals surface area contributed by atoms with Gasteiger partial charge in [-0.2, -0.15) is 0 Å². The zero-order chi connectivity index (χ0) is 19.8. The molecule has 6 nitrogen and oxygen atoms in total. The van der Waals surface area contributed by atoms with Crippen molar-refractivity contribution in [2.75, 3.05) is 19.6 Å². The van der Waals surface area contributed by atoms with Crippen LogP contribution in [0.25, 0.3) is 11.3 Å². The van der Waals surface area contributed by atoms with Gasteiger partial charge in [-0.25, -0.2) is 0 Å². The van der Waals surface area contributed by atoms with E-state index < -0.39 is 6.10 Å². The lowest BCUT2D eigenvalue weighted by Crippen LogP contribution is -2.45. The number of hydrogen-bond donors (Lipinski definition) is 1. The van der Waals surface area contributed by atoms with Crippen LogP contribution in [0.4, 0.5) is 0 Å². The minimum atomic E-state index is -0.565. The molecule has 0 unspecified atom stereocenters. The van der Waals surface area contributed by atoms with E-state index in [0.717, 1.165) is 25.1 Å². The van der Waals surface area contributed by atoms with Gasteiger partial charge in [0.25, 0.3) is 5.91 Å². The van der Waals surface area contributed by atoms with E-state index in [1.807, 2.05) is 30.3 Å². The van der Waals surface area contributed by atoms with Gasteiger partial charge in [0.15, 0.2) is 11.5 Å². The number of likely N-dealkylation sites (tertiary alicyclic amines) is 1. The first-order valence-electron chi connectivity index (χ1n) is 9.99. The second kappa shape index (κ2) is 7.46. The Morgan fingerprint density at radius 1 is 1.03 bits per heavy atom. The number of aliphatic hydroxyl groups excluding tert-OH is 1. The summed E-state index contributed by atoms with van der Waals surface area (Å²) in [6.45, 7) is 2.51. The first kappa shape index (κ1) is 18.1. The number of carbonyl (C=O) groups is 1. The van der Waals surface area contributed by atoms with Crippen molar-refractivity contribution < 1.29 is 14.4 Å². The SMILES string of the molecule is O=C(c1cc(-c2ccccc2)on1)N1C[C@@H](O)[C@H](N2CCc3ccccc3C2)C1. The summed E-state index contributed by atoms with van der Waals surface area (Å²) in [5.74, 6) is 0.368. The van der Waals surface area contributed by atoms with Crippen LogP contribution in [0.15, 0.2) is 65.2 Å².